The number of amides is 2. The standard InChI is InChI=1S/C20H14F5NO5/c1-30-6-2-5-26-18(27)10-4-3-9(7-11(10)19(26)28)20(29)31-8-12-13(21)15(23)17(25)16(24)14(12)22/h3-4,7H,2,5-6,8H2,1H3. The van der Waals surface area contributed by atoms with E-state index in [0.29, 0.717) is 13.0 Å². The Morgan fingerprint density at radius 1 is 0.903 bits per heavy atom. The van der Waals surface area contributed by atoms with Crippen LogP contribution in [0.5, 0.6) is 0 Å². The number of carbonyl (C=O) groups is 3. The van der Waals surface area contributed by atoms with Crippen LogP contribution in [-0.4, -0.2) is 42.9 Å². The third-order valence-electron chi connectivity index (χ3n) is 4.58. The molecule has 0 unspecified atom stereocenters. The molecule has 2 amide bonds. The van der Waals surface area contributed by atoms with Gasteiger partial charge in [-0.2, -0.15) is 0 Å². The topological polar surface area (TPSA) is 72.9 Å². The van der Waals surface area contributed by atoms with Crippen molar-refractivity contribution < 1.29 is 45.8 Å². The molecule has 0 bridgehead atoms. The van der Waals surface area contributed by atoms with Crippen molar-refractivity contribution in [2.45, 2.75) is 13.0 Å². The molecule has 3 rings (SSSR count). The number of esters is 1. The molecule has 1 heterocycles. The molecule has 2 aromatic rings. The van der Waals surface area contributed by atoms with Crippen LogP contribution < -0.4 is 0 Å². The summed E-state index contributed by atoms with van der Waals surface area (Å²) in [6, 6.07) is 3.41. The van der Waals surface area contributed by atoms with Crippen molar-refractivity contribution in [3.8, 4) is 0 Å². The largest absolute Gasteiger partial charge is 0.457 e. The van der Waals surface area contributed by atoms with Crippen LogP contribution in [0.15, 0.2) is 18.2 Å². The van der Waals surface area contributed by atoms with Gasteiger partial charge in [0.1, 0.15) is 6.61 Å². The molecule has 1 aliphatic heterocycles. The van der Waals surface area contributed by atoms with E-state index in [1.54, 1.807) is 0 Å². The van der Waals surface area contributed by atoms with E-state index in [0.717, 1.165) is 17.0 Å². The average Bonchev–Trinajstić information content (AvgIpc) is 3.00. The Balaban J connectivity index is 1.78. The molecular formula is C20H14F5NO5. The summed E-state index contributed by atoms with van der Waals surface area (Å²) in [4.78, 5) is 38.0. The number of rotatable bonds is 7. The molecule has 2 aromatic carbocycles. The van der Waals surface area contributed by atoms with Crippen molar-refractivity contribution in [2.24, 2.45) is 0 Å². The van der Waals surface area contributed by atoms with E-state index in [1.165, 1.54) is 13.2 Å². The Kier molecular flexibility index (Phi) is 6.34. The Labute approximate surface area is 172 Å². The van der Waals surface area contributed by atoms with Gasteiger partial charge in [0.05, 0.1) is 22.3 Å². The molecule has 0 aliphatic carbocycles. The van der Waals surface area contributed by atoms with Gasteiger partial charge in [-0.3, -0.25) is 14.5 Å². The third-order valence-corrected chi connectivity index (χ3v) is 4.58. The number of imide groups is 1. The number of halogens is 5. The van der Waals surface area contributed by atoms with Crippen molar-refractivity contribution in [3.63, 3.8) is 0 Å². The molecular weight excluding hydrogens is 429 g/mol. The van der Waals surface area contributed by atoms with Crippen LogP contribution in [0.2, 0.25) is 0 Å². The molecule has 0 saturated heterocycles. The smallest absolute Gasteiger partial charge is 0.338 e. The summed E-state index contributed by atoms with van der Waals surface area (Å²) < 4.78 is 76.5. The fourth-order valence-electron chi connectivity index (χ4n) is 2.99. The molecule has 0 radical (unpaired) electrons. The first kappa shape index (κ1) is 22.3. The number of benzene rings is 2. The van der Waals surface area contributed by atoms with E-state index in [-0.39, 0.29) is 23.2 Å². The van der Waals surface area contributed by atoms with Crippen LogP contribution >= 0.6 is 0 Å². The molecule has 164 valence electrons. The Bertz CT molecular complexity index is 1060. The number of hydrogen-bond donors (Lipinski definition) is 0. The average molecular weight is 443 g/mol. The summed E-state index contributed by atoms with van der Waals surface area (Å²) in [5.41, 5.74) is -1.59. The van der Waals surface area contributed by atoms with Crippen molar-refractivity contribution in [3.05, 3.63) is 69.5 Å². The normalized spacial score (nSPS) is 13.0. The summed E-state index contributed by atoms with van der Waals surface area (Å²) in [6.45, 7) is -0.819. The van der Waals surface area contributed by atoms with E-state index in [2.05, 4.69) is 4.74 Å². The summed E-state index contributed by atoms with van der Waals surface area (Å²) in [5.74, 6) is -13.3. The minimum absolute atomic E-state index is 0.0544. The molecule has 31 heavy (non-hydrogen) atoms. The first-order chi connectivity index (χ1) is 14.7. The predicted octanol–water partition coefficient (Wildman–Crippen LogP) is 3.37. The van der Waals surface area contributed by atoms with Crippen LogP contribution in [-0.2, 0) is 16.1 Å². The Morgan fingerprint density at radius 2 is 1.48 bits per heavy atom. The van der Waals surface area contributed by atoms with Crippen LogP contribution in [0.25, 0.3) is 0 Å². The molecule has 0 saturated carbocycles. The molecule has 6 nitrogen and oxygen atoms in total. The third kappa shape index (κ3) is 4.00. The first-order valence-corrected chi connectivity index (χ1v) is 8.85. The van der Waals surface area contributed by atoms with Gasteiger partial charge in [0.25, 0.3) is 11.8 Å². The quantitative estimate of drug-likeness (QED) is 0.164. The zero-order chi connectivity index (χ0) is 22.9. The van der Waals surface area contributed by atoms with Crippen molar-refractivity contribution in [2.75, 3.05) is 20.3 Å². The van der Waals surface area contributed by atoms with Gasteiger partial charge in [-0.1, -0.05) is 0 Å². The van der Waals surface area contributed by atoms with E-state index < -0.39 is 59.0 Å². The van der Waals surface area contributed by atoms with E-state index in [9.17, 15) is 36.3 Å². The Morgan fingerprint density at radius 3 is 2.10 bits per heavy atom. The molecule has 1 aliphatic rings. The van der Waals surface area contributed by atoms with Crippen LogP contribution in [0.4, 0.5) is 22.0 Å². The number of methoxy groups -OCH3 is 1. The molecule has 0 N–H and O–H groups in total. The molecule has 11 heteroatoms. The lowest BCUT2D eigenvalue weighted by Gasteiger charge is -2.12. The highest BCUT2D eigenvalue weighted by Crippen LogP contribution is 2.26. The number of nitrogens with zero attached hydrogens (tertiary/aromatic N) is 1. The molecule has 0 spiro atoms. The van der Waals surface area contributed by atoms with Gasteiger partial charge in [0, 0.05) is 20.3 Å². The van der Waals surface area contributed by atoms with Gasteiger partial charge in [-0.15, -0.1) is 0 Å². The van der Waals surface area contributed by atoms with Gasteiger partial charge in [-0.25, -0.2) is 26.7 Å². The maximum absolute atomic E-state index is 13.7. The monoisotopic (exact) mass is 443 g/mol. The lowest BCUT2D eigenvalue weighted by atomic mass is 10.1. The highest BCUT2D eigenvalue weighted by Gasteiger charge is 2.36. The lowest BCUT2D eigenvalue weighted by Crippen LogP contribution is -2.31. The highest BCUT2D eigenvalue weighted by atomic mass is 19.2. The van der Waals surface area contributed by atoms with Crippen molar-refractivity contribution in [1.82, 2.24) is 4.90 Å². The van der Waals surface area contributed by atoms with Crippen LogP contribution in [0.3, 0.4) is 0 Å². The summed E-state index contributed by atoms with van der Waals surface area (Å²) >= 11 is 0. The second-order valence-electron chi connectivity index (χ2n) is 6.49. The first-order valence-electron chi connectivity index (χ1n) is 8.85. The minimum Gasteiger partial charge on any atom is -0.457 e. The van der Waals surface area contributed by atoms with Gasteiger partial charge in [-0.05, 0) is 24.6 Å². The number of fused-ring (bicyclic) bond motifs is 1. The van der Waals surface area contributed by atoms with Crippen LogP contribution in [0, 0.1) is 29.1 Å². The summed E-state index contributed by atoms with van der Waals surface area (Å²) in [5, 5.41) is 0. The number of carbonyl (C=O) groups excluding carboxylic acids is 3. The second-order valence-corrected chi connectivity index (χ2v) is 6.49. The SMILES string of the molecule is COCCCN1C(=O)c2ccc(C(=O)OCc3c(F)c(F)c(F)c(F)c3F)cc2C1=O. The highest BCUT2D eigenvalue weighted by molar-refractivity contribution is 6.21. The minimum atomic E-state index is -2.33. The van der Waals surface area contributed by atoms with Gasteiger partial charge < -0.3 is 9.47 Å². The van der Waals surface area contributed by atoms with Crippen molar-refractivity contribution >= 4 is 17.8 Å². The summed E-state index contributed by atoms with van der Waals surface area (Å²) in [7, 11) is 1.46. The second kappa shape index (κ2) is 8.80. The van der Waals surface area contributed by atoms with E-state index in [4.69, 9.17) is 4.74 Å². The summed E-state index contributed by atoms with van der Waals surface area (Å²) in [6.07, 6.45) is 0.402. The zero-order valence-corrected chi connectivity index (χ0v) is 15.9. The maximum atomic E-state index is 13.7. The lowest BCUT2D eigenvalue weighted by molar-refractivity contribution is 0.0461. The van der Waals surface area contributed by atoms with Gasteiger partial charge in [0.2, 0.25) is 5.82 Å². The maximum Gasteiger partial charge on any atom is 0.338 e. The fraction of sp³-hybridized carbons (Fsp3) is 0.250. The van der Waals surface area contributed by atoms with Gasteiger partial charge >= 0.3 is 5.97 Å². The zero-order valence-electron chi connectivity index (χ0n) is 15.9. The van der Waals surface area contributed by atoms with Crippen molar-refractivity contribution in [1.29, 1.82) is 0 Å². The van der Waals surface area contributed by atoms with Crippen LogP contribution in [0.1, 0.15) is 43.1 Å². The van der Waals surface area contributed by atoms with E-state index in [1.807, 2.05) is 0 Å². The predicted molar refractivity (Wildman–Crippen MR) is 93.7 cm³/mol. The molecule has 0 aromatic heterocycles. The number of hydrogen-bond acceptors (Lipinski definition) is 5. The number of ether oxygens (including phenoxy) is 2. The molecule has 0 atom stereocenters. The van der Waals surface area contributed by atoms with Gasteiger partial charge in [0.15, 0.2) is 23.3 Å². The van der Waals surface area contributed by atoms with E-state index >= 15 is 0 Å². The molecule has 0 fully saturated rings. The Hall–Kier alpha value is -3.34. The fourth-order valence-corrected chi connectivity index (χ4v) is 2.99.